The monoisotopic (exact) mass is 392 g/mol. The van der Waals surface area contributed by atoms with Crippen LogP contribution in [0.15, 0.2) is 54.7 Å². The van der Waals surface area contributed by atoms with Crippen LogP contribution in [0.2, 0.25) is 0 Å². The number of hydrogen-bond acceptors (Lipinski definition) is 4. The predicted octanol–water partition coefficient (Wildman–Crippen LogP) is 3.83. The molecule has 0 spiro atoms. The zero-order valence-electron chi connectivity index (χ0n) is 16.7. The number of rotatable bonds is 5. The standard InChI is InChI=1S/C23H24N2O4/c1-15-8-10-19(11-9-15)24-23(28)16(2)29-22(27)14-21-20-7-5-4-6-18(20)12-13-25(21)17(3)26/h4-13,16,21H,14H2,1-3H3,(H,24,28)/t16-,21-/m1/s1. The van der Waals surface area contributed by atoms with Crippen LogP contribution in [0, 0.1) is 6.92 Å². The first-order valence-electron chi connectivity index (χ1n) is 9.48. The molecule has 0 saturated heterocycles. The van der Waals surface area contributed by atoms with E-state index in [1.54, 1.807) is 18.3 Å². The summed E-state index contributed by atoms with van der Waals surface area (Å²) in [5.74, 6) is -1.12. The van der Waals surface area contributed by atoms with Crippen molar-refractivity contribution in [1.82, 2.24) is 4.90 Å². The molecule has 0 aliphatic carbocycles. The fourth-order valence-corrected chi connectivity index (χ4v) is 3.25. The molecule has 150 valence electrons. The van der Waals surface area contributed by atoms with Crippen molar-refractivity contribution in [3.63, 3.8) is 0 Å². The fraction of sp³-hybridized carbons (Fsp3) is 0.261. The second-order valence-electron chi connectivity index (χ2n) is 7.08. The zero-order valence-corrected chi connectivity index (χ0v) is 16.7. The first-order valence-corrected chi connectivity index (χ1v) is 9.48. The molecule has 2 amide bonds. The minimum Gasteiger partial charge on any atom is -0.452 e. The van der Waals surface area contributed by atoms with Crippen LogP contribution >= 0.6 is 0 Å². The third kappa shape index (κ3) is 4.90. The molecular formula is C23H24N2O4. The summed E-state index contributed by atoms with van der Waals surface area (Å²) < 4.78 is 5.34. The van der Waals surface area contributed by atoms with Crippen molar-refractivity contribution in [2.45, 2.75) is 39.3 Å². The summed E-state index contributed by atoms with van der Waals surface area (Å²) in [6.45, 7) is 4.94. The van der Waals surface area contributed by atoms with Crippen LogP contribution in [0.5, 0.6) is 0 Å². The van der Waals surface area contributed by atoms with Gasteiger partial charge in [0.2, 0.25) is 5.91 Å². The molecule has 0 saturated carbocycles. The third-order valence-electron chi connectivity index (χ3n) is 4.83. The number of carbonyl (C=O) groups excluding carboxylic acids is 3. The van der Waals surface area contributed by atoms with Gasteiger partial charge in [-0.05, 0) is 43.2 Å². The van der Waals surface area contributed by atoms with Crippen LogP contribution in [0.1, 0.15) is 43.0 Å². The Balaban J connectivity index is 1.65. The van der Waals surface area contributed by atoms with E-state index in [0.29, 0.717) is 5.69 Å². The van der Waals surface area contributed by atoms with Crippen molar-refractivity contribution in [2.24, 2.45) is 0 Å². The highest BCUT2D eigenvalue weighted by Crippen LogP contribution is 2.33. The topological polar surface area (TPSA) is 75.7 Å². The SMILES string of the molecule is CC(=O)N1C=Cc2ccccc2[C@H]1CC(=O)O[C@H](C)C(=O)Nc1ccc(C)cc1. The lowest BCUT2D eigenvalue weighted by Gasteiger charge is -2.32. The van der Waals surface area contributed by atoms with E-state index >= 15 is 0 Å². The normalized spacial score (nSPS) is 16.0. The number of carbonyl (C=O) groups is 3. The first kappa shape index (κ1) is 20.3. The number of ether oxygens (including phenoxy) is 1. The Morgan fingerprint density at radius 1 is 1.10 bits per heavy atom. The van der Waals surface area contributed by atoms with Crippen molar-refractivity contribution in [3.8, 4) is 0 Å². The van der Waals surface area contributed by atoms with Gasteiger partial charge in [-0.2, -0.15) is 0 Å². The molecule has 1 aliphatic heterocycles. The largest absolute Gasteiger partial charge is 0.452 e. The van der Waals surface area contributed by atoms with Crippen molar-refractivity contribution in [1.29, 1.82) is 0 Å². The van der Waals surface area contributed by atoms with Gasteiger partial charge in [0.25, 0.3) is 5.91 Å². The van der Waals surface area contributed by atoms with Gasteiger partial charge in [-0.3, -0.25) is 14.4 Å². The molecule has 0 bridgehead atoms. The number of fused-ring (bicyclic) bond motifs is 1. The van der Waals surface area contributed by atoms with E-state index < -0.39 is 24.0 Å². The molecule has 3 rings (SSSR count). The first-order chi connectivity index (χ1) is 13.8. The van der Waals surface area contributed by atoms with Gasteiger partial charge in [0, 0.05) is 18.8 Å². The van der Waals surface area contributed by atoms with E-state index in [-0.39, 0.29) is 12.3 Å². The molecule has 0 fully saturated rings. The maximum absolute atomic E-state index is 12.5. The van der Waals surface area contributed by atoms with Crippen LogP contribution < -0.4 is 5.32 Å². The highest BCUT2D eigenvalue weighted by atomic mass is 16.5. The van der Waals surface area contributed by atoms with E-state index in [0.717, 1.165) is 16.7 Å². The van der Waals surface area contributed by atoms with Gasteiger partial charge >= 0.3 is 5.97 Å². The predicted molar refractivity (Wildman–Crippen MR) is 111 cm³/mol. The van der Waals surface area contributed by atoms with E-state index in [9.17, 15) is 14.4 Å². The van der Waals surface area contributed by atoms with Gasteiger partial charge in [-0.25, -0.2) is 0 Å². The summed E-state index contributed by atoms with van der Waals surface area (Å²) in [6.07, 6.45) is 2.53. The Kier molecular flexibility index (Phi) is 6.12. The Bertz CT molecular complexity index is 950. The summed E-state index contributed by atoms with van der Waals surface area (Å²) in [7, 11) is 0. The molecule has 2 aromatic carbocycles. The average molecular weight is 392 g/mol. The summed E-state index contributed by atoms with van der Waals surface area (Å²) in [4.78, 5) is 38.4. The van der Waals surface area contributed by atoms with Crippen molar-refractivity contribution >= 4 is 29.5 Å². The van der Waals surface area contributed by atoms with Crippen molar-refractivity contribution < 1.29 is 19.1 Å². The minimum atomic E-state index is -0.955. The smallest absolute Gasteiger partial charge is 0.309 e. The van der Waals surface area contributed by atoms with Crippen LogP contribution in [0.3, 0.4) is 0 Å². The van der Waals surface area contributed by atoms with Gasteiger partial charge in [-0.1, -0.05) is 42.0 Å². The highest BCUT2D eigenvalue weighted by Gasteiger charge is 2.30. The molecule has 1 N–H and O–H groups in total. The Morgan fingerprint density at radius 2 is 1.79 bits per heavy atom. The number of nitrogens with zero attached hydrogens (tertiary/aromatic N) is 1. The highest BCUT2D eigenvalue weighted by molar-refractivity contribution is 5.95. The van der Waals surface area contributed by atoms with Gasteiger partial charge in [0.15, 0.2) is 6.10 Å². The molecule has 0 unspecified atom stereocenters. The summed E-state index contributed by atoms with van der Waals surface area (Å²) >= 11 is 0. The Hall–Kier alpha value is -3.41. The Labute approximate surface area is 170 Å². The summed E-state index contributed by atoms with van der Waals surface area (Å²) in [5.41, 5.74) is 3.55. The molecule has 29 heavy (non-hydrogen) atoms. The number of benzene rings is 2. The fourth-order valence-electron chi connectivity index (χ4n) is 3.25. The number of esters is 1. The number of amides is 2. The molecule has 1 aliphatic rings. The van der Waals surface area contributed by atoms with Crippen molar-refractivity contribution in [3.05, 3.63) is 71.4 Å². The van der Waals surface area contributed by atoms with Crippen molar-refractivity contribution in [2.75, 3.05) is 5.32 Å². The lowest BCUT2D eigenvalue weighted by molar-refractivity contribution is -0.154. The lowest BCUT2D eigenvalue weighted by atomic mass is 9.94. The third-order valence-corrected chi connectivity index (χ3v) is 4.83. The second kappa shape index (κ2) is 8.73. The number of anilines is 1. The lowest BCUT2D eigenvalue weighted by Crippen LogP contribution is -2.34. The van der Waals surface area contributed by atoms with E-state index in [4.69, 9.17) is 4.74 Å². The minimum absolute atomic E-state index is 0.0386. The molecule has 0 radical (unpaired) electrons. The maximum atomic E-state index is 12.5. The number of nitrogens with one attached hydrogen (secondary N) is 1. The van der Waals surface area contributed by atoms with Crippen LogP contribution in [-0.2, 0) is 19.1 Å². The van der Waals surface area contributed by atoms with Crippen LogP contribution in [0.4, 0.5) is 5.69 Å². The zero-order chi connectivity index (χ0) is 21.0. The van der Waals surface area contributed by atoms with Gasteiger partial charge in [0.05, 0.1) is 12.5 Å². The average Bonchev–Trinajstić information content (AvgIpc) is 2.69. The second-order valence-corrected chi connectivity index (χ2v) is 7.08. The van der Waals surface area contributed by atoms with Gasteiger partial charge in [0.1, 0.15) is 0 Å². The summed E-state index contributed by atoms with van der Waals surface area (Å²) in [5, 5.41) is 2.73. The molecule has 2 aromatic rings. The molecule has 6 nitrogen and oxygen atoms in total. The molecule has 0 aromatic heterocycles. The molecule has 2 atom stereocenters. The molecular weight excluding hydrogens is 368 g/mol. The van der Waals surface area contributed by atoms with E-state index in [1.807, 2.05) is 49.4 Å². The number of hydrogen-bond donors (Lipinski definition) is 1. The number of aryl methyl sites for hydroxylation is 1. The van der Waals surface area contributed by atoms with Crippen LogP contribution in [0.25, 0.3) is 6.08 Å². The van der Waals surface area contributed by atoms with Gasteiger partial charge in [-0.15, -0.1) is 0 Å². The molecule has 6 heteroatoms. The Morgan fingerprint density at radius 3 is 2.48 bits per heavy atom. The van der Waals surface area contributed by atoms with E-state index in [1.165, 1.54) is 18.7 Å². The van der Waals surface area contributed by atoms with Gasteiger partial charge < -0.3 is 15.0 Å². The molecule has 1 heterocycles. The maximum Gasteiger partial charge on any atom is 0.309 e. The quantitative estimate of drug-likeness (QED) is 0.785. The van der Waals surface area contributed by atoms with E-state index in [2.05, 4.69) is 5.32 Å². The summed E-state index contributed by atoms with van der Waals surface area (Å²) in [6, 6.07) is 14.5. The van der Waals surface area contributed by atoms with Crippen LogP contribution in [-0.4, -0.2) is 28.8 Å².